The van der Waals surface area contributed by atoms with Crippen LogP contribution < -0.4 is 5.32 Å². The molecule has 0 bridgehead atoms. The van der Waals surface area contributed by atoms with Gasteiger partial charge in [0.2, 0.25) is 0 Å². The van der Waals surface area contributed by atoms with Crippen molar-refractivity contribution in [3.05, 3.63) is 101 Å². The lowest BCUT2D eigenvalue weighted by Gasteiger charge is -2.14. The summed E-state index contributed by atoms with van der Waals surface area (Å²) in [5.74, 6) is -1.01. The summed E-state index contributed by atoms with van der Waals surface area (Å²) < 4.78 is 37.8. The fourth-order valence-electron chi connectivity index (χ4n) is 3.37. The number of amides is 1. The number of nitrogens with zero attached hydrogens (tertiary/aromatic N) is 1. The van der Waals surface area contributed by atoms with Gasteiger partial charge in [-0.15, -0.1) is 0 Å². The van der Waals surface area contributed by atoms with E-state index in [1.54, 1.807) is 24.4 Å². The topological polar surface area (TPSA) is 76.1 Å². The summed E-state index contributed by atoms with van der Waals surface area (Å²) in [6.45, 7) is 0. The van der Waals surface area contributed by atoms with Crippen molar-refractivity contribution in [2.75, 3.05) is 11.6 Å². The van der Waals surface area contributed by atoms with Gasteiger partial charge < -0.3 is 5.32 Å². The zero-order valence-electron chi connectivity index (χ0n) is 17.4. The Morgan fingerprint density at radius 2 is 1.76 bits per heavy atom. The van der Waals surface area contributed by atoms with Crippen molar-refractivity contribution in [3.63, 3.8) is 0 Å². The van der Waals surface area contributed by atoms with Gasteiger partial charge >= 0.3 is 0 Å². The molecule has 166 valence electrons. The molecular formula is C25H18ClFN2O3S. The zero-order valence-corrected chi connectivity index (χ0v) is 19.0. The number of pyridine rings is 1. The van der Waals surface area contributed by atoms with Gasteiger partial charge in [-0.25, -0.2) is 12.8 Å². The third-order valence-electron chi connectivity index (χ3n) is 4.97. The number of carbonyl (C=O) groups is 1. The predicted octanol–water partition coefficient (Wildman–Crippen LogP) is 5.86. The number of benzene rings is 3. The van der Waals surface area contributed by atoms with Gasteiger partial charge in [0.05, 0.1) is 15.6 Å². The fraction of sp³-hybridized carbons (Fsp3) is 0.0400. The molecule has 3 aromatic carbocycles. The molecule has 4 rings (SSSR count). The van der Waals surface area contributed by atoms with E-state index in [1.807, 2.05) is 24.3 Å². The van der Waals surface area contributed by atoms with Crippen LogP contribution in [0.1, 0.15) is 10.4 Å². The van der Waals surface area contributed by atoms with E-state index >= 15 is 0 Å². The van der Waals surface area contributed by atoms with Crippen molar-refractivity contribution >= 4 is 33.0 Å². The average Bonchev–Trinajstić information content (AvgIpc) is 2.79. The number of halogens is 2. The molecule has 1 amide bonds. The van der Waals surface area contributed by atoms with E-state index in [4.69, 9.17) is 11.6 Å². The van der Waals surface area contributed by atoms with Gasteiger partial charge in [-0.3, -0.25) is 9.78 Å². The largest absolute Gasteiger partial charge is 0.322 e. The first-order valence-corrected chi connectivity index (χ1v) is 12.1. The Hall–Kier alpha value is -3.55. The molecule has 0 unspecified atom stereocenters. The molecule has 4 aromatic rings. The van der Waals surface area contributed by atoms with Crippen LogP contribution in [-0.4, -0.2) is 25.6 Å². The molecule has 0 aliphatic carbocycles. The van der Waals surface area contributed by atoms with Crippen LogP contribution in [0.25, 0.3) is 22.4 Å². The van der Waals surface area contributed by atoms with Gasteiger partial charge in [0.1, 0.15) is 5.82 Å². The number of anilines is 1. The van der Waals surface area contributed by atoms with Crippen LogP contribution in [0.2, 0.25) is 5.02 Å². The molecule has 0 spiro atoms. The van der Waals surface area contributed by atoms with Gasteiger partial charge in [-0.2, -0.15) is 0 Å². The van der Waals surface area contributed by atoms with Gasteiger partial charge in [-0.1, -0.05) is 29.8 Å². The molecule has 1 N–H and O–H groups in total. The predicted molar refractivity (Wildman–Crippen MR) is 128 cm³/mol. The number of sulfone groups is 1. The highest BCUT2D eigenvalue weighted by atomic mass is 35.5. The van der Waals surface area contributed by atoms with Crippen LogP contribution in [0.4, 0.5) is 10.1 Å². The first-order chi connectivity index (χ1) is 15.7. The maximum Gasteiger partial charge on any atom is 0.256 e. The second-order valence-corrected chi connectivity index (χ2v) is 9.78. The summed E-state index contributed by atoms with van der Waals surface area (Å²) in [5.41, 5.74) is 2.93. The van der Waals surface area contributed by atoms with Crippen LogP contribution in [0.15, 0.2) is 90.0 Å². The number of rotatable bonds is 5. The molecule has 0 saturated carbocycles. The Bertz CT molecular complexity index is 1460. The minimum Gasteiger partial charge on any atom is -0.322 e. The SMILES string of the molecule is CS(=O)(=O)c1ccc(C(=O)Nc2cccc(-c3ccccn3)c2)c(-c2ccc(F)cc2Cl)c1. The second kappa shape index (κ2) is 9.13. The molecule has 1 heterocycles. The molecule has 0 aliphatic heterocycles. The van der Waals surface area contributed by atoms with Crippen LogP contribution >= 0.6 is 11.6 Å². The lowest BCUT2D eigenvalue weighted by molar-refractivity contribution is 0.102. The van der Waals surface area contributed by atoms with Crippen LogP contribution in [-0.2, 0) is 9.84 Å². The average molecular weight is 481 g/mol. The molecular weight excluding hydrogens is 463 g/mol. The van der Waals surface area contributed by atoms with Gasteiger partial charge in [0.15, 0.2) is 9.84 Å². The van der Waals surface area contributed by atoms with Gasteiger partial charge in [-0.05, 0) is 66.2 Å². The second-order valence-electron chi connectivity index (χ2n) is 7.35. The Labute approximate surface area is 195 Å². The smallest absolute Gasteiger partial charge is 0.256 e. The van der Waals surface area contributed by atoms with Crippen molar-refractivity contribution in [1.29, 1.82) is 0 Å². The number of aromatic nitrogens is 1. The Kier molecular flexibility index (Phi) is 6.26. The summed E-state index contributed by atoms with van der Waals surface area (Å²) in [6.07, 6.45) is 2.75. The first kappa shape index (κ1) is 22.6. The van der Waals surface area contributed by atoms with Crippen LogP contribution in [0.3, 0.4) is 0 Å². The van der Waals surface area contributed by atoms with E-state index in [1.165, 1.54) is 30.3 Å². The normalized spacial score (nSPS) is 11.2. The number of hydrogen-bond donors (Lipinski definition) is 1. The summed E-state index contributed by atoms with van der Waals surface area (Å²) in [5, 5.41) is 2.90. The molecule has 0 aliphatic rings. The van der Waals surface area contributed by atoms with Crippen molar-refractivity contribution < 1.29 is 17.6 Å². The molecule has 8 heteroatoms. The summed E-state index contributed by atoms with van der Waals surface area (Å²) in [6, 6.07) is 20.6. The lowest BCUT2D eigenvalue weighted by atomic mass is 9.98. The van der Waals surface area contributed by atoms with E-state index in [0.29, 0.717) is 11.3 Å². The zero-order chi connectivity index (χ0) is 23.6. The molecule has 0 saturated heterocycles. The van der Waals surface area contributed by atoms with Crippen molar-refractivity contribution in [2.24, 2.45) is 0 Å². The standard InChI is InChI=1S/C25H18ClFN2O3S/c1-33(31,32)19-9-11-21(22(15-19)20-10-8-17(27)14-23(20)26)25(30)29-18-6-4-5-16(13-18)24-7-2-3-12-28-24/h2-15H,1H3,(H,29,30). The highest BCUT2D eigenvalue weighted by Crippen LogP contribution is 2.33. The monoisotopic (exact) mass is 480 g/mol. The molecule has 33 heavy (non-hydrogen) atoms. The number of carbonyl (C=O) groups excluding carboxylic acids is 1. The fourth-order valence-corrected chi connectivity index (χ4v) is 4.29. The van der Waals surface area contributed by atoms with Crippen LogP contribution in [0.5, 0.6) is 0 Å². The minimum absolute atomic E-state index is 0.0200. The first-order valence-electron chi connectivity index (χ1n) is 9.85. The molecule has 0 fully saturated rings. The van der Waals surface area contributed by atoms with E-state index in [-0.39, 0.29) is 21.0 Å². The van der Waals surface area contributed by atoms with Crippen molar-refractivity contribution in [2.45, 2.75) is 4.90 Å². The molecule has 0 radical (unpaired) electrons. The summed E-state index contributed by atoms with van der Waals surface area (Å²) >= 11 is 6.23. The van der Waals surface area contributed by atoms with Gasteiger partial charge in [0.25, 0.3) is 5.91 Å². The van der Waals surface area contributed by atoms with E-state index < -0.39 is 21.6 Å². The highest BCUT2D eigenvalue weighted by molar-refractivity contribution is 7.90. The maximum absolute atomic E-state index is 13.6. The quantitative estimate of drug-likeness (QED) is 0.388. The summed E-state index contributed by atoms with van der Waals surface area (Å²) in [7, 11) is -3.55. The Morgan fingerprint density at radius 1 is 0.939 bits per heavy atom. The number of hydrogen-bond acceptors (Lipinski definition) is 4. The van der Waals surface area contributed by atoms with E-state index in [9.17, 15) is 17.6 Å². The van der Waals surface area contributed by atoms with E-state index in [2.05, 4.69) is 10.3 Å². The minimum atomic E-state index is -3.55. The molecule has 1 aromatic heterocycles. The van der Waals surface area contributed by atoms with Crippen LogP contribution in [0, 0.1) is 5.82 Å². The Balaban J connectivity index is 1.75. The van der Waals surface area contributed by atoms with Gasteiger partial charge in [0, 0.05) is 34.8 Å². The van der Waals surface area contributed by atoms with Crippen molar-refractivity contribution in [1.82, 2.24) is 4.98 Å². The number of nitrogens with one attached hydrogen (secondary N) is 1. The van der Waals surface area contributed by atoms with Crippen molar-refractivity contribution in [3.8, 4) is 22.4 Å². The summed E-state index contributed by atoms with van der Waals surface area (Å²) in [4.78, 5) is 17.5. The Morgan fingerprint density at radius 3 is 2.45 bits per heavy atom. The lowest BCUT2D eigenvalue weighted by Crippen LogP contribution is -2.14. The van der Waals surface area contributed by atoms with E-state index in [0.717, 1.165) is 23.6 Å². The highest BCUT2D eigenvalue weighted by Gasteiger charge is 2.19. The molecule has 5 nitrogen and oxygen atoms in total. The third-order valence-corrected chi connectivity index (χ3v) is 6.39. The molecule has 0 atom stereocenters. The maximum atomic E-state index is 13.6. The third kappa shape index (κ3) is 5.10.